The SMILES string of the molecule is Cc1ccc(NC(=O)C(C)C)cc1NCC(=O)NCc1ccccc1F. The van der Waals surface area contributed by atoms with Crippen LogP contribution in [0.2, 0.25) is 0 Å². The Kier molecular flexibility index (Phi) is 6.72. The van der Waals surface area contributed by atoms with Gasteiger partial charge in [0.25, 0.3) is 0 Å². The molecule has 0 aliphatic carbocycles. The summed E-state index contributed by atoms with van der Waals surface area (Å²) in [6.45, 7) is 5.74. The Balaban J connectivity index is 1.90. The van der Waals surface area contributed by atoms with E-state index >= 15 is 0 Å². The molecule has 0 aliphatic heterocycles. The molecule has 138 valence electrons. The standard InChI is InChI=1S/C20H24FN3O2/c1-13(2)20(26)24-16-9-8-14(3)18(10-16)22-12-19(25)23-11-15-6-4-5-7-17(15)21/h4-10,13,22H,11-12H2,1-3H3,(H,23,25)(H,24,26). The first kappa shape index (κ1) is 19.4. The van der Waals surface area contributed by atoms with Crippen LogP contribution in [0.15, 0.2) is 42.5 Å². The highest BCUT2D eigenvalue weighted by molar-refractivity contribution is 5.92. The van der Waals surface area contributed by atoms with Gasteiger partial charge in [-0.2, -0.15) is 0 Å². The molecule has 0 spiro atoms. The summed E-state index contributed by atoms with van der Waals surface area (Å²) in [5.74, 6) is -0.770. The van der Waals surface area contributed by atoms with Gasteiger partial charge in [-0.1, -0.05) is 38.1 Å². The van der Waals surface area contributed by atoms with E-state index in [1.54, 1.807) is 24.3 Å². The number of halogens is 1. The van der Waals surface area contributed by atoms with Crippen molar-refractivity contribution in [1.29, 1.82) is 0 Å². The van der Waals surface area contributed by atoms with Crippen molar-refractivity contribution >= 4 is 23.2 Å². The van der Waals surface area contributed by atoms with Gasteiger partial charge in [0.15, 0.2) is 0 Å². The van der Waals surface area contributed by atoms with E-state index in [1.807, 2.05) is 32.9 Å². The molecule has 2 aromatic rings. The Morgan fingerprint density at radius 3 is 2.54 bits per heavy atom. The average Bonchev–Trinajstić information content (AvgIpc) is 2.61. The second-order valence-electron chi connectivity index (χ2n) is 6.40. The van der Waals surface area contributed by atoms with Gasteiger partial charge in [0.2, 0.25) is 11.8 Å². The number of hydrogen-bond donors (Lipinski definition) is 3. The van der Waals surface area contributed by atoms with E-state index in [2.05, 4.69) is 16.0 Å². The lowest BCUT2D eigenvalue weighted by Gasteiger charge is -2.13. The van der Waals surface area contributed by atoms with Gasteiger partial charge in [-0.15, -0.1) is 0 Å². The highest BCUT2D eigenvalue weighted by Crippen LogP contribution is 2.20. The Labute approximate surface area is 153 Å². The maximum absolute atomic E-state index is 13.5. The Hall–Kier alpha value is -2.89. The molecule has 0 fully saturated rings. The van der Waals surface area contributed by atoms with Crippen LogP contribution in [0, 0.1) is 18.7 Å². The fraction of sp³-hybridized carbons (Fsp3) is 0.300. The molecule has 0 unspecified atom stereocenters. The molecule has 0 aliphatic rings. The van der Waals surface area contributed by atoms with Gasteiger partial charge < -0.3 is 16.0 Å². The maximum Gasteiger partial charge on any atom is 0.239 e. The minimum Gasteiger partial charge on any atom is -0.376 e. The smallest absolute Gasteiger partial charge is 0.239 e. The molecule has 0 aromatic heterocycles. The number of carbonyl (C=O) groups excluding carboxylic acids is 2. The predicted octanol–water partition coefficient (Wildman–Crippen LogP) is 3.46. The zero-order valence-corrected chi connectivity index (χ0v) is 15.2. The van der Waals surface area contributed by atoms with E-state index in [0.717, 1.165) is 11.3 Å². The summed E-state index contributed by atoms with van der Waals surface area (Å²) in [6, 6.07) is 11.8. The minimum atomic E-state index is -0.342. The third kappa shape index (κ3) is 5.58. The highest BCUT2D eigenvalue weighted by atomic mass is 19.1. The monoisotopic (exact) mass is 357 g/mol. The van der Waals surface area contributed by atoms with Crippen LogP contribution >= 0.6 is 0 Å². The van der Waals surface area contributed by atoms with Crippen LogP contribution in [0.5, 0.6) is 0 Å². The number of anilines is 2. The number of rotatable bonds is 7. The number of benzene rings is 2. The molecule has 0 atom stereocenters. The second kappa shape index (κ2) is 8.99. The number of aryl methyl sites for hydroxylation is 1. The molecule has 2 amide bonds. The molecule has 3 N–H and O–H groups in total. The molecule has 0 heterocycles. The number of carbonyl (C=O) groups is 2. The Morgan fingerprint density at radius 2 is 1.85 bits per heavy atom. The molecule has 0 saturated carbocycles. The van der Waals surface area contributed by atoms with Crippen LogP contribution in [0.4, 0.5) is 15.8 Å². The summed E-state index contributed by atoms with van der Waals surface area (Å²) in [6.07, 6.45) is 0. The lowest BCUT2D eigenvalue weighted by atomic mass is 10.1. The first-order valence-electron chi connectivity index (χ1n) is 8.52. The van der Waals surface area contributed by atoms with Gasteiger partial charge >= 0.3 is 0 Å². The number of amides is 2. The summed E-state index contributed by atoms with van der Waals surface area (Å²) in [5, 5.41) is 8.56. The van der Waals surface area contributed by atoms with Gasteiger partial charge in [0, 0.05) is 29.4 Å². The number of nitrogens with one attached hydrogen (secondary N) is 3. The van der Waals surface area contributed by atoms with Crippen LogP contribution in [-0.4, -0.2) is 18.4 Å². The van der Waals surface area contributed by atoms with Crippen LogP contribution in [0.25, 0.3) is 0 Å². The molecule has 0 radical (unpaired) electrons. The summed E-state index contributed by atoms with van der Waals surface area (Å²) >= 11 is 0. The van der Waals surface area contributed by atoms with Gasteiger partial charge in [0.05, 0.1) is 6.54 Å². The quantitative estimate of drug-likeness (QED) is 0.711. The van der Waals surface area contributed by atoms with E-state index in [1.165, 1.54) is 6.07 Å². The molecule has 2 aromatic carbocycles. The zero-order valence-electron chi connectivity index (χ0n) is 15.2. The molecule has 0 bridgehead atoms. The summed E-state index contributed by atoms with van der Waals surface area (Å²) in [5.41, 5.74) is 2.82. The normalized spacial score (nSPS) is 10.5. The van der Waals surface area contributed by atoms with Crippen molar-refractivity contribution in [2.45, 2.75) is 27.3 Å². The molecule has 0 saturated heterocycles. The van der Waals surface area contributed by atoms with Crippen LogP contribution in [0.1, 0.15) is 25.0 Å². The second-order valence-corrected chi connectivity index (χ2v) is 6.40. The molecule has 2 rings (SSSR count). The average molecular weight is 357 g/mol. The third-order valence-corrected chi connectivity index (χ3v) is 3.90. The molecular weight excluding hydrogens is 333 g/mol. The lowest BCUT2D eigenvalue weighted by Crippen LogP contribution is -2.29. The van der Waals surface area contributed by atoms with Crippen molar-refractivity contribution in [2.24, 2.45) is 5.92 Å². The molecular formula is C20H24FN3O2. The molecule has 26 heavy (non-hydrogen) atoms. The van der Waals surface area contributed by atoms with E-state index in [-0.39, 0.29) is 36.6 Å². The summed E-state index contributed by atoms with van der Waals surface area (Å²) < 4.78 is 13.5. The van der Waals surface area contributed by atoms with Crippen molar-refractivity contribution in [1.82, 2.24) is 5.32 Å². The highest BCUT2D eigenvalue weighted by Gasteiger charge is 2.09. The van der Waals surface area contributed by atoms with Gasteiger partial charge in [0.1, 0.15) is 5.82 Å². The fourth-order valence-corrected chi connectivity index (χ4v) is 2.25. The van der Waals surface area contributed by atoms with E-state index in [9.17, 15) is 14.0 Å². The van der Waals surface area contributed by atoms with Gasteiger partial charge in [-0.25, -0.2) is 4.39 Å². The van der Waals surface area contributed by atoms with Crippen molar-refractivity contribution in [3.05, 3.63) is 59.4 Å². The van der Waals surface area contributed by atoms with Gasteiger partial charge in [-0.05, 0) is 30.7 Å². The predicted molar refractivity (Wildman–Crippen MR) is 101 cm³/mol. The largest absolute Gasteiger partial charge is 0.376 e. The summed E-state index contributed by atoms with van der Waals surface area (Å²) in [7, 11) is 0. The third-order valence-electron chi connectivity index (χ3n) is 3.90. The molecule has 5 nitrogen and oxygen atoms in total. The minimum absolute atomic E-state index is 0.0525. The maximum atomic E-state index is 13.5. The van der Waals surface area contributed by atoms with Crippen molar-refractivity contribution in [3.8, 4) is 0 Å². The van der Waals surface area contributed by atoms with E-state index in [0.29, 0.717) is 11.3 Å². The van der Waals surface area contributed by atoms with Crippen molar-refractivity contribution in [3.63, 3.8) is 0 Å². The fourth-order valence-electron chi connectivity index (χ4n) is 2.25. The first-order valence-corrected chi connectivity index (χ1v) is 8.52. The Morgan fingerprint density at radius 1 is 1.12 bits per heavy atom. The topological polar surface area (TPSA) is 70.2 Å². The van der Waals surface area contributed by atoms with E-state index < -0.39 is 0 Å². The van der Waals surface area contributed by atoms with Crippen LogP contribution in [0.3, 0.4) is 0 Å². The van der Waals surface area contributed by atoms with Crippen LogP contribution < -0.4 is 16.0 Å². The van der Waals surface area contributed by atoms with E-state index in [4.69, 9.17) is 0 Å². The first-order chi connectivity index (χ1) is 12.4. The summed E-state index contributed by atoms with van der Waals surface area (Å²) in [4.78, 5) is 23.8. The van der Waals surface area contributed by atoms with Gasteiger partial charge in [-0.3, -0.25) is 9.59 Å². The molecule has 6 heteroatoms. The van der Waals surface area contributed by atoms with Crippen molar-refractivity contribution in [2.75, 3.05) is 17.2 Å². The number of hydrogen-bond acceptors (Lipinski definition) is 3. The lowest BCUT2D eigenvalue weighted by molar-refractivity contribution is -0.120. The Bertz CT molecular complexity index is 790. The zero-order chi connectivity index (χ0) is 19.1. The van der Waals surface area contributed by atoms with Crippen LogP contribution in [-0.2, 0) is 16.1 Å². The van der Waals surface area contributed by atoms with Crippen molar-refractivity contribution < 1.29 is 14.0 Å².